The third-order valence-electron chi connectivity index (χ3n) is 2.66. The van der Waals surface area contributed by atoms with Gasteiger partial charge in [0.25, 0.3) is 0 Å². The van der Waals surface area contributed by atoms with E-state index in [1.54, 1.807) is 0 Å². The van der Waals surface area contributed by atoms with Gasteiger partial charge in [-0.15, -0.1) is 0 Å². The molecule has 1 N–H and O–H groups in total. The molecule has 1 aliphatic rings. The minimum Gasteiger partial charge on any atom is -0.384 e. The third kappa shape index (κ3) is 2.01. The molecule has 0 spiro atoms. The van der Waals surface area contributed by atoms with Crippen molar-refractivity contribution < 1.29 is 0 Å². The number of allylic oxidation sites excluding steroid dienone is 2. The molecule has 0 bridgehead atoms. The molecule has 1 unspecified atom stereocenters. The van der Waals surface area contributed by atoms with Crippen LogP contribution in [0.3, 0.4) is 0 Å². The highest BCUT2D eigenvalue weighted by Crippen LogP contribution is 2.24. The summed E-state index contributed by atoms with van der Waals surface area (Å²) in [5, 5.41) is 3.27. The number of rotatable bonds is 2. The van der Waals surface area contributed by atoms with Crippen LogP contribution in [0.2, 0.25) is 0 Å². The average Bonchev–Trinajstić information content (AvgIpc) is 2.30. The van der Waals surface area contributed by atoms with Crippen molar-refractivity contribution in [3.8, 4) is 0 Å². The fourth-order valence-electron chi connectivity index (χ4n) is 1.75. The summed E-state index contributed by atoms with van der Waals surface area (Å²) in [5.74, 6) is 0. The summed E-state index contributed by atoms with van der Waals surface area (Å²) >= 11 is 0. The fourth-order valence-corrected chi connectivity index (χ4v) is 1.75. The SMILES string of the molecule is C=C(C1=CC=CNC1C)c1ccccc1. The first kappa shape index (κ1) is 9.78. The van der Waals surface area contributed by atoms with Gasteiger partial charge >= 0.3 is 0 Å². The van der Waals surface area contributed by atoms with E-state index in [0.29, 0.717) is 6.04 Å². The topological polar surface area (TPSA) is 12.0 Å². The molecule has 1 heterocycles. The van der Waals surface area contributed by atoms with Gasteiger partial charge in [0.1, 0.15) is 0 Å². The molecule has 1 heteroatoms. The zero-order chi connectivity index (χ0) is 10.7. The van der Waals surface area contributed by atoms with E-state index >= 15 is 0 Å². The van der Waals surface area contributed by atoms with Gasteiger partial charge in [0, 0.05) is 6.04 Å². The fraction of sp³-hybridized carbons (Fsp3) is 0.143. The van der Waals surface area contributed by atoms with Crippen LogP contribution in [0.1, 0.15) is 12.5 Å². The van der Waals surface area contributed by atoms with Crippen molar-refractivity contribution in [1.82, 2.24) is 5.32 Å². The molecular formula is C14H15N. The third-order valence-corrected chi connectivity index (χ3v) is 2.66. The highest BCUT2D eigenvalue weighted by atomic mass is 14.9. The standard InChI is InChI=1S/C14H15N/c1-11(13-7-4-3-5-8-13)14-9-6-10-15-12(14)2/h3-10,12,15H,1H2,2H3. The number of nitrogens with one attached hydrogen (secondary N) is 1. The van der Waals surface area contributed by atoms with Crippen LogP contribution in [0, 0.1) is 0 Å². The molecule has 0 saturated carbocycles. The predicted octanol–water partition coefficient (Wildman–Crippen LogP) is 3.13. The highest BCUT2D eigenvalue weighted by Gasteiger charge is 2.12. The minimum absolute atomic E-state index is 0.336. The van der Waals surface area contributed by atoms with Gasteiger partial charge in [-0.2, -0.15) is 0 Å². The Balaban J connectivity index is 2.29. The Labute approximate surface area is 90.8 Å². The van der Waals surface area contributed by atoms with Crippen LogP contribution in [0.25, 0.3) is 5.57 Å². The quantitative estimate of drug-likeness (QED) is 0.768. The maximum atomic E-state index is 4.16. The van der Waals surface area contributed by atoms with Gasteiger partial charge in [-0.3, -0.25) is 0 Å². The predicted molar refractivity (Wildman–Crippen MR) is 65.3 cm³/mol. The van der Waals surface area contributed by atoms with Crippen molar-refractivity contribution in [3.63, 3.8) is 0 Å². The first-order valence-corrected chi connectivity index (χ1v) is 5.16. The normalized spacial score (nSPS) is 19.3. The van der Waals surface area contributed by atoms with Crippen LogP contribution >= 0.6 is 0 Å². The molecule has 1 aromatic carbocycles. The number of hydrogen-bond donors (Lipinski definition) is 1. The summed E-state index contributed by atoms with van der Waals surface area (Å²) in [6, 6.07) is 10.6. The van der Waals surface area contributed by atoms with Crippen LogP contribution in [0.15, 0.2) is 60.8 Å². The molecule has 0 amide bonds. The monoisotopic (exact) mass is 197 g/mol. The van der Waals surface area contributed by atoms with Gasteiger partial charge in [0.2, 0.25) is 0 Å². The van der Waals surface area contributed by atoms with E-state index in [0.717, 1.165) is 5.57 Å². The molecule has 0 fully saturated rings. The van der Waals surface area contributed by atoms with Gasteiger partial charge in [-0.1, -0.05) is 43.0 Å². The second-order valence-electron chi connectivity index (χ2n) is 3.71. The highest BCUT2D eigenvalue weighted by molar-refractivity contribution is 5.79. The van der Waals surface area contributed by atoms with E-state index in [4.69, 9.17) is 0 Å². The molecule has 1 aromatic rings. The molecule has 76 valence electrons. The summed E-state index contributed by atoms with van der Waals surface area (Å²) in [4.78, 5) is 0. The van der Waals surface area contributed by atoms with Crippen molar-refractivity contribution in [2.45, 2.75) is 13.0 Å². The molecule has 0 saturated heterocycles. The molecule has 0 aromatic heterocycles. The van der Waals surface area contributed by atoms with Crippen molar-refractivity contribution in [3.05, 3.63) is 66.4 Å². The van der Waals surface area contributed by atoms with Crippen molar-refractivity contribution in [2.75, 3.05) is 0 Å². The van der Waals surface area contributed by atoms with E-state index in [1.165, 1.54) is 11.1 Å². The Morgan fingerprint density at radius 2 is 2.00 bits per heavy atom. The van der Waals surface area contributed by atoms with Crippen LogP contribution in [0.4, 0.5) is 0 Å². The Morgan fingerprint density at radius 1 is 1.27 bits per heavy atom. The zero-order valence-electron chi connectivity index (χ0n) is 8.90. The first-order chi connectivity index (χ1) is 7.29. The van der Waals surface area contributed by atoms with Gasteiger partial charge in [-0.05, 0) is 35.9 Å². The smallest absolute Gasteiger partial charge is 0.0486 e. The van der Waals surface area contributed by atoms with Gasteiger partial charge in [-0.25, -0.2) is 0 Å². The Hall–Kier alpha value is -1.76. The lowest BCUT2D eigenvalue weighted by Gasteiger charge is -2.21. The lowest BCUT2D eigenvalue weighted by atomic mass is 9.93. The lowest BCUT2D eigenvalue weighted by Crippen LogP contribution is -2.25. The maximum Gasteiger partial charge on any atom is 0.0486 e. The first-order valence-electron chi connectivity index (χ1n) is 5.16. The van der Waals surface area contributed by atoms with E-state index in [-0.39, 0.29) is 0 Å². The number of benzene rings is 1. The molecular weight excluding hydrogens is 182 g/mol. The summed E-state index contributed by atoms with van der Waals surface area (Å²) < 4.78 is 0. The Bertz CT molecular complexity index is 412. The molecule has 2 rings (SSSR count). The van der Waals surface area contributed by atoms with E-state index < -0.39 is 0 Å². The van der Waals surface area contributed by atoms with Crippen LogP contribution in [-0.4, -0.2) is 6.04 Å². The largest absolute Gasteiger partial charge is 0.384 e. The van der Waals surface area contributed by atoms with E-state index in [2.05, 4.69) is 37.0 Å². The van der Waals surface area contributed by atoms with Crippen molar-refractivity contribution in [2.24, 2.45) is 0 Å². The second-order valence-corrected chi connectivity index (χ2v) is 3.71. The van der Waals surface area contributed by atoms with E-state index in [1.807, 2.05) is 30.5 Å². The van der Waals surface area contributed by atoms with Gasteiger partial charge < -0.3 is 5.32 Å². The Kier molecular flexibility index (Phi) is 2.72. The van der Waals surface area contributed by atoms with Crippen LogP contribution in [-0.2, 0) is 0 Å². The van der Waals surface area contributed by atoms with Crippen molar-refractivity contribution >= 4 is 5.57 Å². The second kappa shape index (κ2) is 4.18. The van der Waals surface area contributed by atoms with Crippen molar-refractivity contribution in [1.29, 1.82) is 0 Å². The molecule has 15 heavy (non-hydrogen) atoms. The molecule has 0 aliphatic carbocycles. The molecule has 1 nitrogen and oxygen atoms in total. The maximum absolute atomic E-state index is 4.16. The summed E-state index contributed by atoms with van der Waals surface area (Å²) in [6.45, 7) is 6.30. The number of hydrogen-bond acceptors (Lipinski definition) is 1. The van der Waals surface area contributed by atoms with Crippen LogP contribution < -0.4 is 5.32 Å². The molecule has 1 atom stereocenters. The number of dihydropyridines is 1. The van der Waals surface area contributed by atoms with Gasteiger partial charge in [0.15, 0.2) is 0 Å². The Morgan fingerprint density at radius 3 is 2.67 bits per heavy atom. The minimum atomic E-state index is 0.336. The molecule has 1 aliphatic heterocycles. The van der Waals surface area contributed by atoms with E-state index in [9.17, 15) is 0 Å². The average molecular weight is 197 g/mol. The summed E-state index contributed by atoms with van der Waals surface area (Å²) in [5.41, 5.74) is 3.54. The van der Waals surface area contributed by atoms with Crippen LogP contribution in [0.5, 0.6) is 0 Å². The zero-order valence-corrected chi connectivity index (χ0v) is 8.90. The summed E-state index contributed by atoms with van der Waals surface area (Å²) in [6.07, 6.45) is 6.10. The van der Waals surface area contributed by atoms with Gasteiger partial charge in [0.05, 0.1) is 0 Å². The lowest BCUT2D eigenvalue weighted by molar-refractivity contribution is 0.737. The molecule has 0 radical (unpaired) electrons. The summed E-state index contributed by atoms with van der Waals surface area (Å²) in [7, 11) is 0.